The fourth-order valence-corrected chi connectivity index (χ4v) is 5.13. The van der Waals surface area contributed by atoms with E-state index in [1.165, 1.54) is 7.11 Å². The number of esters is 1. The Morgan fingerprint density at radius 2 is 1.90 bits per heavy atom. The number of furan rings is 1. The van der Waals surface area contributed by atoms with Crippen molar-refractivity contribution in [1.29, 1.82) is 0 Å². The Balaban J connectivity index is 1.55. The van der Waals surface area contributed by atoms with E-state index >= 15 is 0 Å². The van der Waals surface area contributed by atoms with Crippen LogP contribution in [-0.4, -0.2) is 43.5 Å². The number of halogens is 1. The number of hydrogen-bond donors (Lipinski definition) is 1. The Bertz CT molecular complexity index is 1480. The van der Waals surface area contributed by atoms with E-state index in [9.17, 15) is 4.79 Å². The Kier molecular flexibility index (Phi) is 8.11. The van der Waals surface area contributed by atoms with Gasteiger partial charge in [-0.05, 0) is 60.7 Å². The molecule has 0 spiro atoms. The molecule has 5 rings (SSSR count). The summed E-state index contributed by atoms with van der Waals surface area (Å²) in [4.78, 5) is 18.9. The van der Waals surface area contributed by atoms with Crippen LogP contribution in [0.15, 0.2) is 83.4 Å². The number of nitrogens with zero attached hydrogens (tertiary/aromatic N) is 2. The van der Waals surface area contributed by atoms with E-state index < -0.39 is 12.0 Å². The quantitative estimate of drug-likeness (QED) is 0.150. The number of rotatable bonds is 9. The molecule has 2 aromatic heterocycles. The van der Waals surface area contributed by atoms with Crippen LogP contribution in [0.3, 0.4) is 0 Å². The lowest BCUT2D eigenvalue weighted by Gasteiger charge is -2.26. The number of nitrogens with one attached hydrogen (secondary N) is 1. The molecule has 8 nitrogen and oxygen atoms in total. The number of benzene rings is 2. The summed E-state index contributed by atoms with van der Waals surface area (Å²) in [6, 6.07) is 21.4. The predicted octanol–water partition coefficient (Wildman–Crippen LogP) is 5.98. The molecule has 0 aliphatic carbocycles. The molecule has 1 saturated heterocycles. The van der Waals surface area contributed by atoms with Gasteiger partial charge in [-0.15, -0.1) is 0 Å². The van der Waals surface area contributed by atoms with E-state index in [1.54, 1.807) is 31.5 Å². The first-order valence-electron chi connectivity index (χ1n) is 12.2. The van der Waals surface area contributed by atoms with Gasteiger partial charge in [-0.3, -0.25) is 4.98 Å². The second-order valence-electron chi connectivity index (χ2n) is 8.69. The number of ether oxygens (including phenoxy) is 3. The fourth-order valence-electron chi connectivity index (χ4n) is 4.56. The zero-order valence-electron chi connectivity index (χ0n) is 21.3. The van der Waals surface area contributed by atoms with Crippen molar-refractivity contribution in [2.24, 2.45) is 0 Å². The highest BCUT2D eigenvalue weighted by Gasteiger charge is 2.43. The van der Waals surface area contributed by atoms with E-state index in [0.29, 0.717) is 51.7 Å². The van der Waals surface area contributed by atoms with Gasteiger partial charge < -0.3 is 28.8 Å². The van der Waals surface area contributed by atoms with Gasteiger partial charge in [-0.2, -0.15) is 0 Å². The smallest absolute Gasteiger partial charge is 0.338 e. The molecule has 2 atom stereocenters. The summed E-state index contributed by atoms with van der Waals surface area (Å²) < 4.78 is 22.2. The van der Waals surface area contributed by atoms with Crippen LogP contribution < -0.4 is 15.0 Å². The number of carbonyl (C=O) groups excluding carboxylic acids is 1. The first-order chi connectivity index (χ1) is 19.0. The SMILES string of the molecule is COCCOc1ccc(N2C(=S)NC(c3ccccn3)C2c2ccc(-c3ccccc3C(=O)OC)o2)cc1Cl. The van der Waals surface area contributed by atoms with Crippen molar-refractivity contribution in [3.05, 3.63) is 101 Å². The largest absolute Gasteiger partial charge is 0.490 e. The van der Waals surface area contributed by atoms with Crippen molar-refractivity contribution < 1.29 is 23.4 Å². The van der Waals surface area contributed by atoms with Crippen LogP contribution in [-0.2, 0) is 9.47 Å². The topological polar surface area (TPSA) is 86.1 Å². The standard InChI is InChI=1S/C29H26ClN3O5S/c1-35-15-16-37-24-11-10-18(17-21(24)30)33-27(26(32-29(33)39)22-9-5-6-14-31-22)25-13-12-23(38-25)19-7-3-4-8-20(19)28(34)36-2/h3-14,17,26-27H,15-16H2,1-2H3,(H,32,39). The van der Waals surface area contributed by atoms with Crippen molar-refractivity contribution in [3.63, 3.8) is 0 Å². The number of hydrogen-bond acceptors (Lipinski definition) is 7. The second kappa shape index (κ2) is 11.9. The Morgan fingerprint density at radius 3 is 2.64 bits per heavy atom. The third-order valence-electron chi connectivity index (χ3n) is 6.35. The van der Waals surface area contributed by atoms with Crippen LogP contribution in [0.4, 0.5) is 5.69 Å². The van der Waals surface area contributed by atoms with Crippen LogP contribution in [0.5, 0.6) is 5.75 Å². The van der Waals surface area contributed by atoms with Crippen molar-refractivity contribution in [1.82, 2.24) is 10.3 Å². The molecule has 1 N–H and O–H groups in total. The van der Waals surface area contributed by atoms with E-state index in [0.717, 1.165) is 11.4 Å². The minimum Gasteiger partial charge on any atom is -0.490 e. The fraction of sp³-hybridized carbons (Fsp3) is 0.207. The lowest BCUT2D eigenvalue weighted by Crippen LogP contribution is -2.29. The summed E-state index contributed by atoms with van der Waals surface area (Å²) >= 11 is 12.4. The van der Waals surface area contributed by atoms with E-state index in [-0.39, 0.29) is 6.04 Å². The molecule has 200 valence electrons. The molecule has 1 aliphatic heterocycles. The minimum absolute atomic E-state index is 0.315. The maximum Gasteiger partial charge on any atom is 0.338 e. The van der Waals surface area contributed by atoms with Crippen molar-refractivity contribution >= 4 is 40.6 Å². The average Bonchev–Trinajstić information content (AvgIpc) is 3.58. The van der Waals surface area contributed by atoms with Crippen LogP contribution in [0.2, 0.25) is 5.02 Å². The van der Waals surface area contributed by atoms with Crippen molar-refractivity contribution in [2.45, 2.75) is 12.1 Å². The zero-order valence-corrected chi connectivity index (χ0v) is 22.9. The molecular formula is C29H26ClN3O5S. The van der Waals surface area contributed by atoms with Crippen LogP contribution >= 0.6 is 23.8 Å². The van der Waals surface area contributed by atoms with E-state index in [2.05, 4.69) is 10.3 Å². The number of anilines is 1. The molecule has 1 fully saturated rings. The van der Waals surface area contributed by atoms with E-state index in [1.807, 2.05) is 59.5 Å². The number of aromatic nitrogens is 1. The Morgan fingerprint density at radius 1 is 1.08 bits per heavy atom. The van der Waals surface area contributed by atoms with E-state index in [4.69, 9.17) is 42.4 Å². The van der Waals surface area contributed by atoms with Gasteiger partial charge in [0.15, 0.2) is 5.11 Å². The Labute approximate surface area is 236 Å². The van der Waals surface area contributed by atoms with Gasteiger partial charge in [0.2, 0.25) is 0 Å². The molecule has 2 aromatic carbocycles. The molecule has 0 amide bonds. The summed E-state index contributed by atoms with van der Waals surface area (Å²) in [5.41, 5.74) is 2.60. The molecule has 2 unspecified atom stereocenters. The zero-order chi connectivity index (χ0) is 27.4. The minimum atomic E-state index is -0.442. The van der Waals surface area contributed by atoms with Crippen molar-refractivity contribution in [2.75, 3.05) is 32.3 Å². The maximum atomic E-state index is 12.4. The van der Waals surface area contributed by atoms with Gasteiger partial charge in [0.25, 0.3) is 0 Å². The highest BCUT2D eigenvalue weighted by atomic mass is 35.5. The second-order valence-corrected chi connectivity index (χ2v) is 9.49. The summed E-state index contributed by atoms with van der Waals surface area (Å²) in [5, 5.41) is 4.34. The highest BCUT2D eigenvalue weighted by molar-refractivity contribution is 7.80. The van der Waals surface area contributed by atoms with Crippen LogP contribution in [0.1, 0.15) is 33.9 Å². The van der Waals surface area contributed by atoms with Gasteiger partial charge in [-0.25, -0.2) is 4.79 Å². The summed E-state index contributed by atoms with van der Waals surface area (Å²) in [6.45, 7) is 0.831. The highest BCUT2D eigenvalue weighted by Crippen LogP contribution is 2.44. The van der Waals surface area contributed by atoms with Gasteiger partial charge in [0, 0.05) is 24.6 Å². The third-order valence-corrected chi connectivity index (χ3v) is 6.96. The van der Waals surface area contributed by atoms with Gasteiger partial charge in [0.05, 0.1) is 36.0 Å². The average molecular weight is 564 g/mol. The molecule has 39 heavy (non-hydrogen) atoms. The first kappa shape index (κ1) is 26.7. The van der Waals surface area contributed by atoms with Gasteiger partial charge >= 0.3 is 5.97 Å². The normalized spacial score (nSPS) is 16.7. The molecule has 3 heterocycles. The monoisotopic (exact) mass is 563 g/mol. The van der Waals surface area contributed by atoms with Crippen LogP contribution in [0.25, 0.3) is 11.3 Å². The van der Waals surface area contributed by atoms with Gasteiger partial charge in [-0.1, -0.05) is 35.9 Å². The predicted molar refractivity (Wildman–Crippen MR) is 152 cm³/mol. The molecule has 4 aromatic rings. The Hall–Kier alpha value is -3.92. The third kappa shape index (κ3) is 5.47. The molecule has 1 aliphatic rings. The molecule has 0 bridgehead atoms. The number of pyridine rings is 1. The first-order valence-corrected chi connectivity index (χ1v) is 13.0. The van der Waals surface area contributed by atoms with Crippen molar-refractivity contribution in [3.8, 4) is 17.1 Å². The lowest BCUT2D eigenvalue weighted by molar-refractivity contribution is 0.0601. The van der Waals surface area contributed by atoms with Crippen LogP contribution in [0, 0.1) is 0 Å². The number of carbonyl (C=O) groups is 1. The number of thiocarbonyl (C=S) groups is 1. The number of methoxy groups -OCH3 is 2. The molecular weight excluding hydrogens is 538 g/mol. The summed E-state index contributed by atoms with van der Waals surface area (Å²) in [6.07, 6.45) is 1.74. The molecule has 0 radical (unpaired) electrons. The lowest BCUT2D eigenvalue weighted by atomic mass is 10.0. The molecule has 0 saturated carbocycles. The maximum absolute atomic E-state index is 12.4. The molecule has 10 heteroatoms. The summed E-state index contributed by atoms with van der Waals surface area (Å²) in [7, 11) is 2.97. The summed E-state index contributed by atoms with van der Waals surface area (Å²) in [5.74, 6) is 1.27. The van der Waals surface area contributed by atoms with Gasteiger partial charge in [0.1, 0.15) is 29.9 Å².